The fourth-order valence-corrected chi connectivity index (χ4v) is 3.74. The summed E-state index contributed by atoms with van der Waals surface area (Å²) in [5.41, 5.74) is 0. The Bertz CT molecular complexity index is 622. The first-order valence-electron chi connectivity index (χ1n) is 8.28. The number of nitrogens with zero attached hydrogens (tertiary/aromatic N) is 2. The molecule has 2 atom stereocenters. The number of rotatable bonds is 7. The second kappa shape index (κ2) is 7.75. The molecule has 0 radical (unpaired) electrons. The minimum Gasteiger partial charge on any atom is -0.354 e. The van der Waals surface area contributed by atoms with Gasteiger partial charge in [0.1, 0.15) is 5.82 Å². The summed E-state index contributed by atoms with van der Waals surface area (Å²) in [6, 6.07) is 3.97. The van der Waals surface area contributed by atoms with E-state index in [1.807, 2.05) is 25.4 Å². The van der Waals surface area contributed by atoms with Gasteiger partial charge in [0.05, 0.1) is 6.04 Å². The van der Waals surface area contributed by atoms with Crippen LogP contribution >= 0.6 is 11.3 Å². The van der Waals surface area contributed by atoms with Crippen LogP contribution in [-0.4, -0.2) is 34.6 Å². The molecule has 0 aliphatic carbocycles. The average molecular weight is 332 g/mol. The van der Waals surface area contributed by atoms with Crippen molar-refractivity contribution < 1.29 is 4.79 Å². The van der Waals surface area contributed by atoms with Crippen LogP contribution < -0.4 is 10.6 Å². The first kappa shape index (κ1) is 16.2. The van der Waals surface area contributed by atoms with E-state index in [0.717, 1.165) is 31.8 Å². The minimum absolute atomic E-state index is 0.0701. The van der Waals surface area contributed by atoms with Crippen LogP contribution in [0.1, 0.15) is 36.4 Å². The third-order valence-electron chi connectivity index (χ3n) is 4.38. The summed E-state index contributed by atoms with van der Waals surface area (Å²) in [6.45, 7) is 4.48. The number of carbonyl (C=O) groups excluding carboxylic acids is 1. The lowest BCUT2D eigenvalue weighted by Crippen LogP contribution is -2.44. The molecule has 0 spiro atoms. The molecule has 3 rings (SSSR count). The van der Waals surface area contributed by atoms with Gasteiger partial charge in [-0.25, -0.2) is 4.98 Å². The lowest BCUT2D eigenvalue weighted by Gasteiger charge is -2.25. The molecule has 5 nitrogen and oxygen atoms in total. The number of fused-ring (bicyclic) bond motifs is 1. The van der Waals surface area contributed by atoms with E-state index >= 15 is 0 Å². The number of amides is 1. The molecule has 0 bridgehead atoms. The maximum Gasteiger partial charge on any atom is 0.236 e. The summed E-state index contributed by atoms with van der Waals surface area (Å²) in [5, 5.41) is 8.44. The number of carbonyl (C=O) groups is 1. The Labute approximate surface area is 141 Å². The maximum absolute atomic E-state index is 12.1. The zero-order valence-corrected chi connectivity index (χ0v) is 14.3. The third-order valence-corrected chi connectivity index (χ3v) is 5.32. The van der Waals surface area contributed by atoms with E-state index in [-0.39, 0.29) is 11.9 Å². The molecule has 2 aromatic heterocycles. The van der Waals surface area contributed by atoms with Gasteiger partial charge < -0.3 is 15.2 Å². The average Bonchev–Trinajstić information content (AvgIpc) is 3.23. The predicted octanol–water partition coefficient (Wildman–Crippen LogP) is 2.16. The summed E-state index contributed by atoms with van der Waals surface area (Å²) in [4.78, 5) is 17.9. The van der Waals surface area contributed by atoms with E-state index in [9.17, 15) is 4.79 Å². The molecule has 0 saturated carbocycles. The summed E-state index contributed by atoms with van der Waals surface area (Å²) in [6.07, 6.45) is 7.13. The van der Waals surface area contributed by atoms with Crippen molar-refractivity contribution in [3.8, 4) is 0 Å². The van der Waals surface area contributed by atoms with Crippen molar-refractivity contribution in [1.82, 2.24) is 20.2 Å². The number of hydrogen-bond acceptors (Lipinski definition) is 4. The first-order valence-corrected chi connectivity index (χ1v) is 9.16. The van der Waals surface area contributed by atoms with E-state index in [0.29, 0.717) is 12.5 Å². The zero-order chi connectivity index (χ0) is 16.1. The predicted molar refractivity (Wildman–Crippen MR) is 92.7 cm³/mol. The molecule has 0 saturated heterocycles. The highest BCUT2D eigenvalue weighted by atomic mass is 32.1. The van der Waals surface area contributed by atoms with Crippen molar-refractivity contribution in [2.24, 2.45) is 0 Å². The Morgan fingerprint density at radius 1 is 1.57 bits per heavy atom. The molecule has 0 fully saturated rings. The molecule has 1 amide bonds. The van der Waals surface area contributed by atoms with Gasteiger partial charge in [-0.3, -0.25) is 4.79 Å². The van der Waals surface area contributed by atoms with Crippen LogP contribution in [0.2, 0.25) is 0 Å². The molecule has 0 aromatic carbocycles. The Hall–Kier alpha value is -1.66. The highest BCUT2D eigenvalue weighted by molar-refractivity contribution is 7.09. The van der Waals surface area contributed by atoms with Crippen LogP contribution in [0.4, 0.5) is 0 Å². The number of aryl methyl sites for hydroxylation is 1. The SMILES string of the molecule is C[C@@H](NC[C@H]1CCCn2ccnc21)C(=O)NCCc1cccs1. The smallest absolute Gasteiger partial charge is 0.236 e. The van der Waals surface area contributed by atoms with Crippen molar-refractivity contribution in [1.29, 1.82) is 0 Å². The Kier molecular flexibility index (Phi) is 5.46. The number of aromatic nitrogens is 2. The van der Waals surface area contributed by atoms with Crippen molar-refractivity contribution in [3.63, 3.8) is 0 Å². The molecule has 2 N–H and O–H groups in total. The second-order valence-corrected chi connectivity index (χ2v) is 7.10. The van der Waals surface area contributed by atoms with Crippen LogP contribution in [0.15, 0.2) is 29.9 Å². The topological polar surface area (TPSA) is 59.0 Å². The summed E-state index contributed by atoms with van der Waals surface area (Å²) >= 11 is 1.73. The fourth-order valence-electron chi connectivity index (χ4n) is 3.03. The Balaban J connectivity index is 1.41. The second-order valence-electron chi connectivity index (χ2n) is 6.07. The van der Waals surface area contributed by atoms with Gasteiger partial charge in [-0.1, -0.05) is 6.07 Å². The standard InChI is InChI=1S/C17H24N4OS/c1-13(17(22)19-7-6-15-5-3-11-23-15)20-12-14-4-2-9-21-10-8-18-16(14)21/h3,5,8,10-11,13-14,20H,2,4,6-7,9,12H2,1H3,(H,19,22)/t13-,14-/m1/s1. The van der Waals surface area contributed by atoms with E-state index in [2.05, 4.69) is 31.6 Å². The Morgan fingerprint density at radius 2 is 2.48 bits per heavy atom. The van der Waals surface area contributed by atoms with Gasteiger partial charge in [0, 0.05) is 42.8 Å². The largest absolute Gasteiger partial charge is 0.354 e. The molecule has 1 aliphatic heterocycles. The normalized spacial score (nSPS) is 18.4. The van der Waals surface area contributed by atoms with Crippen molar-refractivity contribution in [2.45, 2.75) is 44.7 Å². The van der Waals surface area contributed by atoms with Crippen LogP contribution in [0.25, 0.3) is 0 Å². The molecule has 124 valence electrons. The number of hydrogen-bond donors (Lipinski definition) is 2. The van der Waals surface area contributed by atoms with Crippen molar-refractivity contribution in [2.75, 3.05) is 13.1 Å². The molecule has 0 unspecified atom stereocenters. The monoisotopic (exact) mass is 332 g/mol. The van der Waals surface area contributed by atoms with Crippen LogP contribution in [-0.2, 0) is 17.8 Å². The van der Waals surface area contributed by atoms with Gasteiger partial charge in [0.25, 0.3) is 0 Å². The van der Waals surface area contributed by atoms with E-state index < -0.39 is 0 Å². The molecule has 23 heavy (non-hydrogen) atoms. The molecule has 1 aliphatic rings. The maximum atomic E-state index is 12.1. The quantitative estimate of drug-likeness (QED) is 0.817. The van der Waals surface area contributed by atoms with Gasteiger partial charge in [-0.05, 0) is 37.6 Å². The zero-order valence-electron chi connectivity index (χ0n) is 13.5. The molecule has 3 heterocycles. The fraction of sp³-hybridized carbons (Fsp3) is 0.529. The van der Waals surface area contributed by atoms with Gasteiger partial charge >= 0.3 is 0 Å². The van der Waals surface area contributed by atoms with Crippen LogP contribution in [0.5, 0.6) is 0 Å². The van der Waals surface area contributed by atoms with Gasteiger partial charge in [-0.15, -0.1) is 11.3 Å². The van der Waals surface area contributed by atoms with Gasteiger partial charge in [0.2, 0.25) is 5.91 Å². The number of imidazole rings is 1. The molecule has 2 aromatic rings. The van der Waals surface area contributed by atoms with E-state index in [1.165, 1.54) is 11.3 Å². The van der Waals surface area contributed by atoms with Crippen molar-refractivity contribution >= 4 is 17.2 Å². The van der Waals surface area contributed by atoms with Gasteiger partial charge in [0.15, 0.2) is 0 Å². The number of nitrogens with one attached hydrogen (secondary N) is 2. The van der Waals surface area contributed by atoms with Gasteiger partial charge in [-0.2, -0.15) is 0 Å². The molecular formula is C17H24N4OS. The summed E-state index contributed by atoms with van der Waals surface area (Å²) in [5.74, 6) is 1.62. The van der Waals surface area contributed by atoms with Crippen molar-refractivity contribution in [3.05, 3.63) is 40.6 Å². The molecule has 6 heteroatoms. The summed E-state index contributed by atoms with van der Waals surface area (Å²) < 4.78 is 2.22. The highest BCUT2D eigenvalue weighted by Gasteiger charge is 2.22. The lowest BCUT2D eigenvalue weighted by atomic mass is 9.98. The minimum atomic E-state index is -0.177. The first-order chi connectivity index (χ1) is 11.2. The molecular weight excluding hydrogens is 308 g/mol. The number of thiophene rings is 1. The van der Waals surface area contributed by atoms with E-state index in [4.69, 9.17) is 0 Å². The highest BCUT2D eigenvalue weighted by Crippen LogP contribution is 2.24. The van der Waals surface area contributed by atoms with Crippen LogP contribution in [0.3, 0.4) is 0 Å². The third kappa shape index (κ3) is 4.20. The lowest BCUT2D eigenvalue weighted by molar-refractivity contribution is -0.122. The van der Waals surface area contributed by atoms with Crippen LogP contribution in [0, 0.1) is 0 Å². The summed E-state index contributed by atoms with van der Waals surface area (Å²) in [7, 11) is 0. The Morgan fingerprint density at radius 3 is 3.30 bits per heavy atom. The van der Waals surface area contributed by atoms with E-state index in [1.54, 1.807) is 11.3 Å².